The molecule has 0 spiro atoms. The molecular formula is C13H17NO5. The van der Waals surface area contributed by atoms with Gasteiger partial charge in [0.2, 0.25) is 0 Å². The van der Waals surface area contributed by atoms with Crippen LogP contribution in [0.5, 0.6) is 11.5 Å². The monoisotopic (exact) mass is 267 g/mol. The van der Waals surface area contributed by atoms with Crippen LogP contribution in [0.25, 0.3) is 0 Å². The predicted molar refractivity (Wildman–Crippen MR) is 68.1 cm³/mol. The van der Waals surface area contributed by atoms with E-state index >= 15 is 0 Å². The lowest BCUT2D eigenvalue weighted by molar-refractivity contribution is -0.141. The van der Waals surface area contributed by atoms with Gasteiger partial charge in [0.15, 0.2) is 11.5 Å². The van der Waals surface area contributed by atoms with Crippen molar-refractivity contribution in [1.29, 1.82) is 0 Å². The summed E-state index contributed by atoms with van der Waals surface area (Å²) in [7, 11) is 0. The lowest BCUT2D eigenvalue weighted by Crippen LogP contribution is -2.32. The molecular weight excluding hydrogens is 250 g/mol. The van der Waals surface area contributed by atoms with Crippen LogP contribution in [0.3, 0.4) is 0 Å². The molecule has 6 nitrogen and oxygen atoms in total. The van der Waals surface area contributed by atoms with Crippen LogP contribution >= 0.6 is 0 Å². The van der Waals surface area contributed by atoms with Gasteiger partial charge in [0.1, 0.15) is 0 Å². The molecule has 1 amide bonds. The van der Waals surface area contributed by atoms with Crippen LogP contribution in [0.15, 0.2) is 18.2 Å². The van der Waals surface area contributed by atoms with E-state index in [9.17, 15) is 14.7 Å². The third-order valence-electron chi connectivity index (χ3n) is 2.73. The number of carboxylic acids is 1. The Bertz CT molecular complexity index is 472. The average Bonchev–Trinajstić information content (AvgIpc) is 2.37. The van der Waals surface area contributed by atoms with Crippen LogP contribution in [0.1, 0.15) is 30.1 Å². The van der Waals surface area contributed by atoms with Crippen molar-refractivity contribution in [2.75, 3.05) is 6.54 Å². The van der Waals surface area contributed by atoms with Crippen molar-refractivity contribution < 1.29 is 24.9 Å². The Kier molecular flexibility index (Phi) is 5.17. The number of rotatable bonds is 6. The van der Waals surface area contributed by atoms with E-state index in [2.05, 4.69) is 5.32 Å². The third-order valence-corrected chi connectivity index (χ3v) is 2.73. The number of phenols is 2. The van der Waals surface area contributed by atoms with Crippen molar-refractivity contribution >= 4 is 11.9 Å². The van der Waals surface area contributed by atoms with Gasteiger partial charge in [-0.15, -0.1) is 0 Å². The van der Waals surface area contributed by atoms with Crippen molar-refractivity contribution in [2.24, 2.45) is 5.92 Å². The number of hydrogen-bond acceptors (Lipinski definition) is 4. The van der Waals surface area contributed by atoms with Crippen molar-refractivity contribution in [3.8, 4) is 11.5 Å². The molecule has 0 aromatic heterocycles. The fourth-order valence-electron chi connectivity index (χ4n) is 1.64. The standard InChI is InChI=1S/C13H17NO5/c1-2-3-9(13(18)19)7-14-12(17)8-4-5-10(15)11(16)6-8/h4-6,9,15-16H,2-3,7H2,1H3,(H,14,17)(H,18,19). The molecule has 1 aromatic carbocycles. The summed E-state index contributed by atoms with van der Waals surface area (Å²) in [6.07, 6.45) is 1.20. The molecule has 1 atom stereocenters. The molecule has 0 saturated carbocycles. The molecule has 19 heavy (non-hydrogen) atoms. The molecule has 0 aliphatic heterocycles. The highest BCUT2D eigenvalue weighted by molar-refractivity contribution is 5.95. The second-order valence-corrected chi connectivity index (χ2v) is 4.24. The Morgan fingerprint density at radius 3 is 2.47 bits per heavy atom. The van der Waals surface area contributed by atoms with Crippen LogP contribution in [0.4, 0.5) is 0 Å². The number of carbonyl (C=O) groups excluding carboxylic acids is 1. The van der Waals surface area contributed by atoms with Gasteiger partial charge in [-0.1, -0.05) is 13.3 Å². The van der Waals surface area contributed by atoms with E-state index < -0.39 is 23.5 Å². The van der Waals surface area contributed by atoms with Crippen molar-refractivity contribution in [3.05, 3.63) is 23.8 Å². The van der Waals surface area contributed by atoms with Gasteiger partial charge >= 0.3 is 5.97 Å². The Labute approximate surface area is 110 Å². The number of amides is 1. The van der Waals surface area contributed by atoms with Gasteiger partial charge in [0, 0.05) is 12.1 Å². The average molecular weight is 267 g/mol. The lowest BCUT2D eigenvalue weighted by Gasteiger charge is -2.12. The Balaban J connectivity index is 2.63. The lowest BCUT2D eigenvalue weighted by atomic mass is 10.0. The van der Waals surface area contributed by atoms with E-state index in [4.69, 9.17) is 10.2 Å². The molecule has 0 bridgehead atoms. The summed E-state index contributed by atoms with van der Waals surface area (Å²) in [6.45, 7) is 1.90. The highest BCUT2D eigenvalue weighted by atomic mass is 16.4. The minimum Gasteiger partial charge on any atom is -0.504 e. The number of carbonyl (C=O) groups is 2. The summed E-state index contributed by atoms with van der Waals surface area (Å²) in [5.41, 5.74) is 0.163. The van der Waals surface area contributed by atoms with E-state index in [1.165, 1.54) is 12.1 Å². The van der Waals surface area contributed by atoms with Gasteiger partial charge in [0.25, 0.3) is 5.91 Å². The predicted octanol–water partition coefficient (Wildman–Crippen LogP) is 1.33. The largest absolute Gasteiger partial charge is 0.504 e. The van der Waals surface area contributed by atoms with Gasteiger partial charge in [-0.2, -0.15) is 0 Å². The molecule has 0 heterocycles. The third kappa shape index (κ3) is 4.17. The minimum absolute atomic E-state index is 0.0314. The first kappa shape index (κ1) is 14.8. The summed E-state index contributed by atoms with van der Waals surface area (Å²) >= 11 is 0. The summed E-state index contributed by atoms with van der Waals surface area (Å²) in [5, 5.41) is 29.8. The zero-order chi connectivity index (χ0) is 14.4. The first-order chi connectivity index (χ1) is 8.95. The summed E-state index contributed by atoms with van der Waals surface area (Å²) in [4.78, 5) is 22.7. The number of carboxylic acid groups (broad SMARTS) is 1. The Hall–Kier alpha value is -2.24. The molecule has 1 aromatic rings. The first-order valence-corrected chi connectivity index (χ1v) is 5.98. The van der Waals surface area contributed by atoms with E-state index in [1.54, 1.807) is 0 Å². The fraction of sp³-hybridized carbons (Fsp3) is 0.385. The smallest absolute Gasteiger partial charge is 0.308 e. The molecule has 1 rings (SSSR count). The SMILES string of the molecule is CCCC(CNC(=O)c1ccc(O)c(O)c1)C(=O)O. The van der Waals surface area contributed by atoms with Crippen LogP contribution in [-0.2, 0) is 4.79 Å². The second-order valence-electron chi connectivity index (χ2n) is 4.24. The number of benzene rings is 1. The summed E-state index contributed by atoms with van der Waals surface area (Å²) in [5.74, 6) is -2.77. The maximum Gasteiger partial charge on any atom is 0.308 e. The fourth-order valence-corrected chi connectivity index (χ4v) is 1.64. The number of nitrogens with one attached hydrogen (secondary N) is 1. The van der Waals surface area contributed by atoms with Gasteiger partial charge < -0.3 is 20.6 Å². The molecule has 0 aliphatic carbocycles. The number of hydrogen-bond donors (Lipinski definition) is 4. The summed E-state index contributed by atoms with van der Waals surface area (Å²) < 4.78 is 0. The topological polar surface area (TPSA) is 107 Å². The van der Waals surface area contributed by atoms with E-state index in [1.807, 2.05) is 6.92 Å². The molecule has 1 unspecified atom stereocenters. The zero-order valence-corrected chi connectivity index (χ0v) is 10.6. The van der Waals surface area contributed by atoms with Crippen LogP contribution < -0.4 is 5.32 Å². The van der Waals surface area contributed by atoms with Gasteiger partial charge in [-0.05, 0) is 24.6 Å². The van der Waals surface area contributed by atoms with Gasteiger partial charge in [0.05, 0.1) is 5.92 Å². The maximum atomic E-state index is 11.7. The van der Waals surface area contributed by atoms with Crippen LogP contribution in [-0.4, -0.2) is 33.7 Å². The maximum absolute atomic E-state index is 11.7. The van der Waals surface area contributed by atoms with Crippen molar-refractivity contribution in [2.45, 2.75) is 19.8 Å². The van der Waals surface area contributed by atoms with Crippen molar-refractivity contribution in [1.82, 2.24) is 5.32 Å². The quantitative estimate of drug-likeness (QED) is 0.582. The van der Waals surface area contributed by atoms with E-state index in [-0.39, 0.29) is 17.9 Å². The summed E-state index contributed by atoms with van der Waals surface area (Å²) in [6, 6.07) is 3.67. The molecule has 6 heteroatoms. The van der Waals surface area contributed by atoms with Gasteiger partial charge in [-0.25, -0.2) is 0 Å². The zero-order valence-electron chi connectivity index (χ0n) is 10.6. The highest BCUT2D eigenvalue weighted by Crippen LogP contribution is 2.24. The normalized spacial score (nSPS) is 11.8. The van der Waals surface area contributed by atoms with E-state index in [0.29, 0.717) is 12.8 Å². The minimum atomic E-state index is -0.948. The van der Waals surface area contributed by atoms with E-state index in [0.717, 1.165) is 6.07 Å². The number of phenolic OH excluding ortho intramolecular Hbond substituents is 2. The molecule has 0 aliphatic rings. The molecule has 0 radical (unpaired) electrons. The molecule has 0 fully saturated rings. The van der Waals surface area contributed by atoms with Gasteiger partial charge in [-0.3, -0.25) is 9.59 Å². The molecule has 0 saturated heterocycles. The van der Waals surface area contributed by atoms with Crippen LogP contribution in [0.2, 0.25) is 0 Å². The Morgan fingerprint density at radius 1 is 1.26 bits per heavy atom. The van der Waals surface area contributed by atoms with Crippen molar-refractivity contribution in [3.63, 3.8) is 0 Å². The highest BCUT2D eigenvalue weighted by Gasteiger charge is 2.18. The number of aromatic hydroxyl groups is 2. The molecule has 4 N–H and O–H groups in total. The number of aliphatic carboxylic acids is 1. The first-order valence-electron chi connectivity index (χ1n) is 5.98. The Morgan fingerprint density at radius 2 is 1.95 bits per heavy atom. The second kappa shape index (κ2) is 6.63. The molecule has 104 valence electrons. The van der Waals surface area contributed by atoms with Crippen LogP contribution in [0, 0.1) is 5.92 Å².